The first-order valence-electron chi connectivity index (χ1n) is 10.0. The Kier molecular flexibility index (Phi) is 9.81. The Hall–Kier alpha value is -2.41. The number of nitrogens with one attached hydrogen (secondary N) is 1. The average Bonchev–Trinajstić information content (AvgIpc) is 2.70. The van der Waals surface area contributed by atoms with E-state index in [1.54, 1.807) is 36.2 Å². The highest BCUT2D eigenvalue weighted by molar-refractivity contribution is 5.97. The van der Waals surface area contributed by atoms with Crippen molar-refractivity contribution in [1.82, 2.24) is 10.2 Å². The van der Waals surface area contributed by atoms with Crippen LogP contribution in [0.25, 0.3) is 0 Å². The monoisotopic (exact) mass is 406 g/mol. The van der Waals surface area contributed by atoms with Gasteiger partial charge < -0.3 is 20.1 Å². The number of carboxylic acid groups (broad SMARTS) is 1. The third kappa shape index (κ3) is 6.85. The van der Waals surface area contributed by atoms with Gasteiger partial charge in [0.25, 0.3) is 5.91 Å². The molecule has 0 saturated heterocycles. The van der Waals surface area contributed by atoms with Crippen LogP contribution in [-0.2, 0) is 14.3 Å². The minimum atomic E-state index is -0.983. The fourth-order valence-electron chi connectivity index (χ4n) is 3.45. The lowest BCUT2D eigenvalue weighted by Crippen LogP contribution is -2.57. The highest BCUT2D eigenvalue weighted by Crippen LogP contribution is 2.23. The Morgan fingerprint density at radius 2 is 1.72 bits per heavy atom. The minimum absolute atomic E-state index is 0.0193. The molecule has 2 amide bonds. The van der Waals surface area contributed by atoms with Crippen molar-refractivity contribution in [3.8, 4) is 0 Å². The van der Waals surface area contributed by atoms with Crippen molar-refractivity contribution in [1.29, 1.82) is 0 Å². The normalized spacial score (nSPS) is 15.3. The lowest BCUT2D eigenvalue weighted by atomic mass is 9.90. The number of nitrogens with zero attached hydrogens (tertiary/aromatic N) is 1. The lowest BCUT2D eigenvalue weighted by molar-refractivity contribution is -0.147. The predicted octanol–water partition coefficient (Wildman–Crippen LogP) is 2.80. The van der Waals surface area contributed by atoms with Crippen molar-refractivity contribution in [2.24, 2.45) is 11.8 Å². The number of carboxylic acids is 1. The van der Waals surface area contributed by atoms with Crippen LogP contribution in [0.5, 0.6) is 0 Å². The second-order valence-electron chi connectivity index (χ2n) is 7.76. The molecule has 0 aliphatic rings. The van der Waals surface area contributed by atoms with Gasteiger partial charge in [0, 0.05) is 19.7 Å². The van der Waals surface area contributed by atoms with Crippen molar-refractivity contribution in [2.45, 2.75) is 58.7 Å². The van der Waals surface area contributed by atoms with Crippen molar-refractivity contribution in [3.63, 3.8) is 0 Å². The Morgan fingerprint density at radius 1 is 1.14 bits per heavy atom. The van der Waals surface area contributed by atoms with Crippen LogP contribution in [0.4, 0.5) is 0 Å². The van der Waals surface area contributed by atoms with Gasteiger partial charge in [-0.25, -0.2) is 0 Å². The topological polar surface area (TPSA) is 95.9 Å². The standard InChI is InChI=1S/C22H34N2O5/c1-7-15(4)20(17(29-6)13-18(25)26)24(5)22(28)19(14(2)3)23-21(27)16-11-9-8-10-12-16/h8-12,14-15,17,19-20H,7,13H2,1-6H3,(H,23,27)(H,25,26)/t15-,17+,19-,20-/m0/s1. The highest BCUT2D eigenvalue weighted by atomic mass is 16.5. The number of methoxy groups -OCH3 is 1. The van der Waals surface area contributed by atoms with E-state index in [0.717, 1.165) is 6.42 Å². The number of amides is 2. The number of hydrogen-bond donors (Lipinski definition) is 2. The summed E-state index contributed by atoms with van der Waals surface area (Å²) in [6.07, 6.45) is -0.0925. The molecule has 1 aromatic rings. The summed E-state index contributed by atoms with van der Waals surface area (Å²) in [7, 11) is 3.11. The number of rotatable bonds is 11. The smallest absolute Gasteiger partial charge is 0.306 e. The van der Waals surface area contributed by atoms with Gasteiger partial charge in [0.05, 0.1) is 18.6 Å². The Bertz CT molecular complexity index is 677. The van der Waals surface area contributed by atoms with Crippen LogP contribution in [0.2, 0.25) is 0 Å². The van der Waals surface area contributed by atoms with Crippen LogP contribution in [0.15, 0.2) is 30.3 Å². The summed E-state index contributed by atoms with van der Waals surface area (Å²) in [6, 6.07) is 7.57. The van der Waals surface area contributed by atoms with E-state index in [4.69, 9.17) is 4.74 Å². The summed E-state index contributed by atoms with van der Waals surface area (Å²) < 4.78 is 5.45. The number of ether oxygens (including phenoxy) is 1. The van der Waals surface area contributed by atoms with Gasteiger partial charge in [0.15, 0.2) is 0 Å². The Labute approximate surface area is 173 Å². The van der Waals surface area contributed by atoms with E-state index < -0.39 is 24.2 Å². The quantitative estimate of drug-likeness (QED) is 0.589. The molecular weight excluding hydrogens is 372 g/mol. The molecule has 0 aromatic heterocycles. The first-order valence-corrected chi connectivity index (χ1v) is 10.0. The van der Waals surface area contributed by atoms with Crippen molar-refractivity contribution in [2.75, 3.05) is 14.2 Å². The van der Waals surface area contributed by atoms with E-state index in [0.29, 0.717) is 5.56 Å². The van der Waals surface area contributed by atoms with Gasteiger partial charge in [-0.15, -0.1) is 0 Å². The third-order valence-electron chi connectivity index (χ3n) is 5.34. The average molecular weight is 407 g/mol. The molecule has 7 nitrogen and oxygen atoms in total. The fourth-order valence-corrected chi connectivity index (χ4v) is 3.45. The van der Waals surface area contributed by atoms with Crippen LogP contribution in [-0.4, -0.2) is 60.1 Å². The van der Waals surface area contributed by atoms with Gasteiger partial charge in [-0.2, -0.15) is 0 Å². The molecule has 162 valence electrons. The van der Waals surface area contributed by atoms with Gasteiger partial charge in [-0.3, -0.25) is 14.4 Å². The van der Waals surface area contributed by atoms with E-state index in [1.165, 1.54) is 7.11 Å². The number of benzene rings is 1. The van der Waals surface area contributed by atoms with Gasteiger partial charge in [-0.05, 0) is 24.0 Å². The molecule has 1 rings (SSSR count). The molecule has 0 spiro atoms. The minimum Gasteiger partial charge on any atom is -0.481 e. The van der Waals surface area contributed by atoms with Gasteiger partial charge in [0.2, 0.25) is 5.91 Å². The van der Waals surface area contributed by atoms with Crippen LogP contribution in [0.3, 0.4) is 0 Å². The fraction of sp³-hybridized carbons (Fsp3) is 0.591. The molecule has 0 fully saturated rings. The van der Waals surface area contributed by atoms with Crippen molar-refractivity contribution >= 4 is 17.8 Å². The van der Waals surface area contributed by atoms with Gasteiger partial charge in [-0.1, -0.05) is 52.3 Å². The van der Waals surface area contributed by atoms with Crippen LogP contribution in [0.1, 0.15) is 50.9 Å². The maximum absolute atomic E-state index is 13.3. The zero-order chi connectivity index (χ0) is 22.1. The highest BCUT2D eigenvalue weighted by Gasteiger charge is 2.37. The molecule has 4 atom stereocenters. The van der Waals surface area contributed by atoms with E-state index in [1.807, 2.05) is 33.8 Å². The molecule has 0 bridgehead atoms. The molecule has 1 aromatic carbocycles. The Morgan fingerprint density at radius 3 is 2.17 bits per heavy atom. The number of carbonyl (C=O) groups is 3. The summed E-state index contributed by atoms with van der Waals surface area (Å²) in [6.45, 7) is 7.69. The predicted molar refractivity (Wildman–Crippen MR) is 112 cm³/mol. The van der Waals surface area contributed by atoms with E-state index in [-0.39, 0.29) is 30.1 Å². The summed E-state index contributed by atoms with van der Waals surface area (Å²) in [5.74, 6) is -1.69. The lowest BCUT2D eigenvalue weighted by Gasteiger charge is -2.39. The van der Waals surface area contributed by atoms with Crippen molar-refractivity contribution in [3.05, 3.63) is 35.9 Å². The molecule has 0 heterocycles. The van der Waals surface area contributed by atoms with Crippen LogP contribution >= 0.6 is 0 Å². The summed E-state index contributed by atoms with van der Waals surface area (Å²) >= 11 is 0. The number of carbonyl (C=O) groups excluding carboxylic acids is 2. The molecule has 2 N–H and O–H groups in total. The van der Waals surface area contributed by atoms with E-state index in [9.17, 15) is 19.5 Å². The number of aliphatic carboxylic acids is 1. The molecule has 29 heavy (non-hydrogen) atoms. The van der Waals surface area contributed by atoms with Crippen molar-refractivity contribution < 1.29 is 24.2 Å². The second kappa shape index (κ2) is 11.6. The molecule has 7 heteroatoms. The zero-order valence-electron chi connectivity index (χ0n) is 18.2. The molecule has 0 unspecified atom stereocenters. The first kappa shape index (κ1) is 24.6. The molecule has 0 aliphatic carbocycles. The maximum atomic E-state index is 13.3. The summed E-state index contributed by atoms with van der Waals surface area (Å²) in [4.78, 5) is 38.7. The molecule has 0 aliphatic heterocycles. The summed E-state index contributed by atoms with van der Waals surface area (Å²) in [5, 5.41) is 12.1. The van der Waals surface area contributed by atoms with E-state index in [2.05, 4.69) is 5.32 Å². The van der Waals surface area contributed by atoms with Crippen LogP contribution in [0, 0.1) is 11.8 Å². The summed E-state index contributed by atoms with van der Waals surface area (Å²) in [5.41, 5.74) is 0.479. The Balaban J connectivity index is 3.11. The first-order chi connectivity index (χ1) is 13.6. The van der Waals surface area contributed by atoms with Crippen LogP contribution < -0.4 is 5.32 Å². The number of hydrogen-bond acceptors (Lipinski definition) is 4. The largest absolute Gasteiger partial charge is 0.481 e. The molecule has 0 saturated carbocycles. The van der Waals surface area contributed by atoms with Gasteiger partial charge >= 0.3 is 5.97 Å². The molecule has 0 radical (unpaired) electrons. The maximum Gasteiger partial charge on any atom is 0.306 e. The molecular formula is C22H34N2O5. The third-order valence-corrected chi connectivity index (χ3v) is 5.34. The number of likely N-dealkylation sites (N-methyl/N-ethyl adjacent to an activating group) is 1. The zero-order valence-corrected chi connectivity index (χ0v) is 18.2. The SMILES string of the molecule is CC[C@H](C)[C@@H]([C@@H](CC(=O)O)OC)N(C)C(=O)[C@@H](NC(=O)c1ccccc1)C(C)C. The second-order valence-corrected chi connectivity index (χ2v) is 7.76. The van der Waals surface area contributed by atoms with Gasteiger partial charge in [0.1, 0.15) is 6.04 Å². The van der Waals surface area contributed by atoms with E-state index >= 15 is 0 Å².